The number of halogens is 2. The first-order valence-electron chi connectivity index (χ1n) is 5.61. The Labute approximate surface area is 129 Å². The van der Waals surface area contributed by atoms with Crippen molar-refractivity contribution in [3.63, 3.8) is 0 Å². The molecule has 6 heteroatoms. The number of aromatic amines is 1. The van der Waals surface area contributed by atoms with E-state index in [2.05, 4.69) is 9.97 Å². The second kappa shape index (κ2) is 6.49. The van der Waals surface area contributed by atoms with Gasteiger partial charge in [0, 0.05) is 18.6 Å². The van der Waals surface area contributed by atoms with Gasteiger partial charge in [-0.1, -0.05) is 23.7 Å². The van der Waals surface area contributed by atoms with Gasteiger partial charge in [0.25, 0.3) is 5.56 Å². The highest BCUT2D eigenvalue weighted by molar-refractivity contribution is 14.1. The largest absolute Gasteiger partial charge is 0.378 e. The number of methoxy groups -OCH3 is 1. The van der Waals surface area contributed by atoms with Crippen LogP contribution in [0.5, 0.6) is 0 Å². The van der Waals surface area contributed by atoms with Crippen molar-refractivity contribution >= 4 is 34.2 Å². The highest BCUT2D eigenvalue weighted by Gasteiger charge is 2.09. The molecule has 0 radical (unpaired) electrons. The van der Waals surface area contributed by atoms with Crippen LogP contribution in [0.2, 0.25) is 5.02 Å². The molecule has 0 saturated heterocycles. The third-order valence-electron chi connectivity index (χ3n) is 2.55. The fourth-order valence-corrected chi connectivity index (χ4v) is 2.21. The fraction of sp³-hybridized carbons (Fsp3) is 0.231. The van der Waals surface area contributed by atoms with E-state index in [-0.39, 0.29) is 5.56 Å². The second-order valence-electron chi connectivity index (χ2n) is 4.01. The summed E-state index contributed by atoms with van der Waals surface area (Å²) < 4.78 is 5.62. The van der Waals surface area contributed by atoms with E-state index in [1.54, 1.807) is 7.11 Å². The number of hydrogen-bond acceptors (Lipinski definition) is 3. The summed E-state index contributed by atoms with van der Waals surface area (Å²) in [5, 5.41) is 0.688. The Morgan fingerprint density at radius 3 is 2.68 bits per heavy atom. The fourth-order valence-electron chi connectivity index (χ4n) is 1.67. The number of hydrogen-bond donors (Lipinski definition) is 1. The average molecular weight is 391 g/mol. The molecule has 0 bridgehead atoms. The summed E-state index contributed by atoms with van der Waals surface area (Å²) in [5.74, 6) is 0.625. The van der Waals surface area contributed by atoms with Gasteiger partial charge in [-0.15, -0.1) is 0 Å². The number of ether oxygens (including phenoxy) is 1. The monoisotopic (exact) mass is 390 g/mol. The van der Waals surface area contributed by atoms with Gasteiger partial charge < -0.3 is 9.72 Å². The smallest absolute Gasteiger partial charge is 0.264 e. The molecule has 1 N–H and O–H groups in total. The minimum absolute atomic E-state index is 0.133. The summed E-state index contributed by atoms with van der Waals surface area (Å²) in [7, 11) is 1.58. The van der Waals surface area contributed by atoms with Crippen molar-refractivity contribution in [2.24, 2.45) is 0 Å². The van der Waals surface area contributed by atoms with Crippen LogP contribution >= 0.6 is 34.2 Å². The lowest BCUT2D eigenvalue weighted by Crippen LogP contribution is -2.18. The maximum atomic E-state index is 11.8. The molecule has 0 unspecified atom stereocenters. The summed E-state index contributed by atoms with van der Waals surface area (Å²) in [5.41, 5.74) is 1.57. The number of benzene rings is 1. The summed E-state index contributed by atoms with van der Waals surface area (Å²) >= 11 is 7.81. The van der Waals surface area contributed by atoms with Crippen molar-refractivity contribution in [1.82, 2.24) is 9.97 Å². The molecular formula is C13H12ClIN2O2. The van der Waals surface area contributed by atoms with E-state index in [4.69, 9.17) is 16.3 Å². The van der Waals surface area contributed by atoms with E-state index in [1.165, 1.54) is 0 Å². The predicted molar refractivity (Wildman–Crippen MR) is 82.5 cm³/mol. The van der Waals surface area contributed by atoms with E-state index in [9.17, 15) is 4.79 Å². The van der Waals surface area contributed by atoms with Crippen molar-refractivity contribution in [3.8, 4) is 0 Å². The van der Waals surface area contributed by atoms with Crippen LogP contribution in [0.1, 0.15) is 17.1 Å². The third-order valence-corrected chi connectivity index (χ3v) is 3.91. The molecule has 0 aliphatic carbocycles. The number of H-pyrrole nitrogens is 1. The third kappa shape index (κ3) is 3.77. The van der Waals surface area contributed by atoms with Crippen molar-refractivity contribution in [1.29, 1.82) is 0 Å². The topological polar surface area (TPSA) is 55.0 Å². The first-order valence-corrected chi connectivity index (χ1v) is 7.06. The van der Waals surface area contributed by atoms with Crippen LogP contribution in [0, 0.1) is 3.57 Å². The molecule has 0 fully saturated rings. The van der Waals surface area contributed by atoms with Crippen LogP contribution < -0.4 is 5.56 Å². The minimum Gasteiger partial charge on any atom is -0.378 e. The van der Waals surface area contributed by atoms with Crippen LogP contribution in [-0.4, -0.2) is 17.1 Å². The Hall–Kier alpha value is -0.920. The Balaban J connectivity index is 2.30. The van der Waals surface area contributed by atoms with Gasteiger partial charge in [-0.2, -0.15) is 0 Å². The molecular weight excluding hydrogens is 379 g/mol. The standard InChI is InChI=1S/C13H12ClIN2O2/c1-19-7-10-12(15)13(18)17-11(16-10)6-8-2-4-9(14)5-3-8/h2-5H,6-7H2,1H3,(H,16,17,18). The molecule has 2 rings (SSSR count). The van der Waals surface area contributed by atoms with Crippen molar-refractivity contribution in [3.05, 3.63) is 60.3 Å². The molecule has 19 heavy (non-hydrogen) atoms. The van der Waals surface area contributed by atoms with Gasteiger partial charge in [0.1, 0.15) is 9.39 Å². The van der Waals surface area contributed by atoms with Crippen LogP contribution in [0.25, 0.3) is 0 Å². The van der Waals surface area contributed by atoms with Crippen molar-refractivity contribution in [2.45, 2.75) is 13.0 Å². The lowest BCUT2D eigenvalue weighted by molar-refractivity contribution is 0.180. The Morgan fingerprint density at radius 1 is 1.37 bits per heavy atom. The van der Waals surface area contributed by atoms with E-state index < -0.39 is 0 Å². The van der Waals surface area contributed by atoms with Gasteiger partial charge in [0.15, 0.2) is 0 Å². The average Bonchev–Trinajstić information content (AvgIpc) is 2.38. The molecule has 0 amide bonds. The number of rotatable bonds is 4. The Bertz CT molecular complexity index is 626. The first-order chi connectivity index (χ1) is 9.10. The molecule has 4 nitrogen and oxygen atoms in total. The van der Waals surface area contributed by atoms with Crippen LogP contribution in [0.15, 0.2) is 29.1 Å². The van der Waals surface area contributed by atoms with Gasteiger partial charge in [-0.3, -0.25) is 4.79 Å². The van der Waals surface area contributed by atoms with Crippen LogP contribution in [0.3, 0.4) is 0 Å². The quantitative estimate of drug-likeness (QED) is 0.817. The molecule has 1 aromatic carbocycles. The maximum Gasteiger partial charge on any atom is 0.264 e. The van der Waals surface area contributed by atoms with E-state index >= 15 is 0 Å². The normalized spacial score (nSPS) is 10.7. The lowest BCUT2D eigenvalue weighted by Gasteiger charge is -2.06. The Morgan fingerprint density at radius 2 is 2.05 bits per heavy atom. The second-order valence-corrected chi connectivity index (χ2v) is 5.52. The highest BCUT2D eigenvalue weighted by atomic mass is 127. The van der Waals surface area contributed by atoms with E-state index in [0.717, 1.165) is 5.56 Å². The molecule has 0 saturated carbocycles. The van der Waals surface area contributed by atoms with Gasteiger partial charge >= 0.3 is 0 Å². The van der Waals surface area contributed by atoms with E-state index in [1.807, 2.05) is 46.9 Å². The summed E-state index contributed by atoms with van der Waals surface area (Å²) in [6.07, 6.45) is 0.556. The lowest BCUT2D eigenvalue weighted by atomic mass is 10.1. The zero-order valence-corrected chi connectivity index (χ0v) is 13.2. The summed E-state index contributed by atoms with van der Waals surface area (Å²) in [6, 6.07) is 7.46. The molecule has 0 atom stereocenters. The molecule has 100 valence electrons. The summed E-state index contributed by atoms with van der Waals surface area (Å²) in [4.78, 5) is 19.0. The predicted octanol–water partition coefficient (Wildman–Crippen LogP) is 2.77. The van der Waals surface area contributed by atoms with Crippen molar-refractivity contribution < 1.29 is 4.74 Å². The number of nitrogens with one attached hydrogen (secondary N) is 1. The zero-order chi connectivity index (χ0) is 13.8. The van der Waals surface area contributed by atoms with Gasteiger partial charge in [0.05, 0.1) is 12.3 Å². The van der Waals surface area contributed by atoms with Crippen molar-refractivity contribution in [2.75, 3.05) is 7.11 Å². The maximum absolute atomic E-state index is 11.8. The minimum atomic E-state index is -0.133. The summed E-state index contributed by atoms with van der Waals surface area (Å²) in [6.45, 7) is 0.329. The van der Waals surface area contributed by atoms with E-state index in [0.29, 0.717) is 33.1 Å². The molecule has 0 aliphatic heterocycles. The molecule has 2 aromatic rings. The van der Waals surface area contributed by atoms with Gasteiger partial charge in [-0.25, -0.2) is 4.98 Å². The van der Waals surface area contributed by atoms with Crippen LogP contribution in [-0.2, 0) is 17.8 Å². The van der Waals surface area contributed by atoms with Gasteiger partial charge in [-0.05, 0) is 40.3 Å². The SMILES string of the molecule is COCc1nc(Cc2ccc(Cl)cc2)[nH]c(=O)c1I. The zero-order valence-electron chi connectivity index (χ0n) is 10.2. The molecule has 0 aliphatic rings. The first kappa shape index (κ1) is 14.5. The molecule has 1 heterocycles. The Kier molecular flexibility index (Phi) is 4.95. The highest BCUT2D eigenvalue weighted by Crippen LogP contribution is 2.12. The molecule has 1 aromatic heterocycles. The number of aromatic nitrogens is 2. The van der Waals surface area contributed by atoms with Crippen LogP contribution in [0.4, 0.5) is 0 Å². The molecule has 0 spiro atoms. The van der Waals surface area contributed by atoms with Gasteiger partial charge in [0.2, 0.25) is 0 Å². The number of nitrogens with zero attached hydrogens (tertiary/aromatic N) is 1.